The summed E-state index contributed by atoms with van der Waals surface area (Å²) in [5, 5.41) is 55.9. The zero-order valence-corrected chi connectivity index (χ0v) is 31.3. The van der Waals surface area contributed by atoms with Crippen LogP contribution in [0.3, 0.4) is 0 Å². The summed E-state index contributed by atoms with van der Waals surface area (Å²) >= 11 is 0. The van der Waals surface area contributed by atoms with Crippen molar-refractivity contribution in [1.29, 1.82) is 0 Å². The Labute approximate surface area is 309 Å². The van der Waals surface area contributed by atoms with Crippen LogP contribution in [0.1, 0.15) is 83.5 Å². The highest BCUT2D eigenvalue weighted by atomic mass is 16.8. The first-order chi connectivity index (χ1) is 25.0. The van der Waals surface area contributed by atoms with E-state index >= 15 is 0 Å². The van der Waals surface area contributed by atoms with Gasteiger partial charge in [-0.25, -0.2) is 4.79 Å². The Morgan fingerprint density at radius 2 is 1.53 bits per heavy atom. The summed E-state index contributed by atoms with van der Waals surface area (Å²) in [4.78, 5) is 39.3. The minimum atomic E-state index is -1.70. The van der Waals surface area contributed by atoms with Crippen molar-refractivity contribution in [2.75, 3.05) is 20.3 Å². The van der Waals surface area contributed by atoms with Gasteiger partial charge in [0.15, 0.2) is 24.8 Å². The summed E-state index contributed by atoms with van der Waals surface area (Å²) in [5.74, 6) is -2.06. The third-order valence-corrected chi connectivity index (χ3v) is 11.8. The Kier molecular flexibility index (Phi) is 13.3. The van der Waals surface area contributed by atoms with Crippen LogP contribution < -0.4 is 4.74 Å². The van der Waals surface area contributed by atoms with Crippen LogP contribution in [0.4, 0.5) is 0 Å². The van der Waals surface area contributed by atoms with E-state index < -0.39 is 96.9 Å². The summed E-state index contributed by atoms with van der Waals surface area (Å²) in [6.07, 6.45) is -11.1. The topological polar surface area (TPSA) is 217 Å². The van der Waals surface area contributed by atoms with E-state index in [1.165, 1.54) is 19.2 Å². The van der Waals surface area contributed by atoms with Crippen LogP contribution in [0.15, 0.2) is 24.3 Å². The molecule has 2 aliphatic carbocycles. The van der Waals surface area contributed by atoms with E-state index in [0.717, 1.165) is 6.92 Å². The second-order valence-electron chi connectivity index (χ2n) is 15.7. The summed E-state index contributed by atoms with van der Waals surface area (Å²) in [5.41, 5.74) is -2.40. The summed E-state index contributed by atoms with van der Waals surface area (Å²) < 4.78 is 40.6. The number of rotatable bonds is 13. The molecular formula is C38H56O15. The third-order valence-electron chi connectivity index (χ3n) is 11.8. The van der Waals surface area contributed by atoms with Crippen LogP contribution >= 0.6 is 0 Å². The SMILES string of the molecule is COc1ccc(C(=O)O[C@H]2[C@H](O[C@@H]3[C@@H](OC(C)=O)[C@H](O[C@H]4C[C@H]5C[C@@H](O)CC[C@]5(C)[C@@]4(O)[C@H](C)C(=O)CCC(C)C)OC[C@@H]3O)OC[C@@H](O)[C@@H]2O)cc1. The number of esters is 2. The van der Waals surface area contributed by atoms with Crippen LogP contribution in [-0.2, 0) is 38.0 Å². The van der Waals surface area contributed by atoms with Crippen molar-refractivity contribution in [3.8, 4) is 5.75 Å². The molecule has 2 saturated carbocycles. The number of aliphatic hydroxyl groups excluding tert-OH is 4. The standard InChI is InChI=1S/C38H56O15/c1-19(2)7-12-26(41)20(3)38(46)29(16-23-15-24(40)13-14-37(23,38)5)51-36-33(50-21(4)39)31(28(43)18-49-36)53-35-32(30(44)27(42)17-48-35)52-34(45)22-8-10-25(47-6)11-9-22/h8-11,19-20,23-24,27-33,35-36,40,42-44,46H,7,12-18H2,1-6H3/t20-,23-,24+,27-,28+,29+,30+,31+,32-,33-,35+,36+,37+,38-/m1/s1. The molecule has 5 N–H and O–H groups in total. The lowest BCUT2D eigenvalue weighted by Crippen LogP contribution is -2.64. The molecule has 15 heteroatoms. The molecule has 4 fully saturated rings. The average molecular weight is 753 g/mol. The Balaban J connectivity index is 1.41. The van der Waals surface area contributed by atoms with Crippen molar-refractivity contribution in [3.63, 3.8) is 0 Å². The van der Waals surface area contributed by atoms with Crippen LogP contribution in [0.5, 0.6) is 5.75 Å². The number of hydrogen-bond donors (Lipinski definition) is 5. The number of fused-ring (bicyclic) bond motifs is 1. The van der Waals surface area contributed by atoms with Crippen LogP contribution in [0.25, 0.3) is 0 Å². The number of ether oxygens (including phenoxy) is 7. The fraction of sp³-hybridized carbons (Fsp3) is 0.763. The number of Topliss-reactive ketones (excluding diaryl/α,β-unsaturated/α-hetero) is 1. The first-order valence-corrected chi connectivity index (χ1v) is 18.5. The highest BCUT2D eigenvalue weighted by molar-refractivity contribution is 5.89. The molecule has 0 amide bonds. The van der Waals surface area contributed by atoms with E-state index in [0.29, 0.717) is 31.4 Å². The number of carbonyl (C=O) groups excluding carboxylic acids is 3. The normalized spacial score (nSPS) is 39.2. The molecule has 14 atom stereocenters. The Morgan fingerprint density at radius 3 is 2.15 bits per heavy atom. The molecule has 0 bridgehead atoms. The van der Waals surface area contributed by atoms with Gasteiger partial charge in [0.05, 0.1) is 38.1 Å². The minimum absolute atomic E-state index is 0.108. The molecular weight excluding hydrogens is 696 g/mol. The lowest BCUT2D eigenvalue weighted by atomic mass is 9.58. The highest BCUT2D eigenvalue weighted by Crippen LogP contribution is 2.61. The smallest absolute Gasteiger partial charge is 0.338 e. The van der Waals surface area contributed by atoms with Gasteiger partial charge < -0.3 is 58.7 Å². The van der Waals surface area contributed by atoms with Crippen molar-refractivity contribution in [1.82, 2.24) is 0 Å². The van der Waals surface area contributed by atoms with Crippen molar-refractivity contribution in [2.24, 2.45) is 23.2 Å². The fourth-order valence-electron chi connectivity index (χ4n) is 8.49. The van der Waals surface area contributed by atoms with Gasteiger partial charge in [-0.15, -0.1) is 0 Å². The second-order valence-corrected chi connectivity index (χ2v) is 15.7. The van der Waals surface area contributed by atoms with E-state index in [4.69, 9.17) is 33.2 Å². The van der Waals surface area contributed by atoms with Crippen molar-refractivity contribution >= 4 is 17.7 Å². The Bertz CT molecular complexity index is 1420. The summed E-state index contributed by atoms with van der Waals surface area (Å²) in [6.45, 7) is 8.01. The van der Waals surface area contributed by atoms with Crippen molar-refractivity contribution < 1.29 is 73.1 Å². The van der Waals surface area contributed by atoms with E-state index in [-0.39, 0.29) is 42.6 Å². The molecule has 2 heterocycles. The number of benzene rings is 1. The first kappa shape index (κ1) is 41.4. The lowest BCUT2D eigenvalue weighted by molar-refractivity contribution is -0.345. The number of hydrogen-bond acceptors (Lipinski definition) is 15. The molecule has 298 valence electrons. The van der Waals surface area contributed by atoms with Gasteiger partial charge in [0.1, 0.15) is 41.5 Å². The highest BCUT2D eigenvalue weighted by Gasteiger charge is 2.67. The number of carbonyl (C=O) groups is 3. The van der Waals surface area contributed by atoms with Gasteiger partial charge in [0.2, 0.25) is 0 Å². The van der Waals surface area contributed by atoms with Gasteiger partial charge in [-0.2, -0.15) is 0 Å². The number of aliphatic hydroxyl groups is 5. The summed E-state index contributed by atoms with van der Waals surface area (Å²) in [7, 11) is 1.47. The first-order valence-electron chi connectivity index (χ1n) is 18.5. The molecule has 1 aromatic rings. The predicted octanol–water partition coefficient (Wildman–Crippen LogP) is 1.66. The summed E-state index contributed by atoms with van der Waals surface area (Å²) in [6, 6.07) is 5.98. The molecule has 0 spiro atoms. The maximum Gasteiger partial charge on any atom is 0.338 e. The lowest BCUT2D eigenvalue weighted by Gasteiger charge is -2.51. The van der Waals surface area contributed by atoms with Gasteiger partial charge in [0, 0.05) is 24.7 Å². The predicted molar refractivity (Wildman–Crippen MR) is 184 cm³/mol. The molecule has 53 heavy (non-hydrogen) atoms. The average Bonchev–Trinajstić information content (AvgIpc) is 3.34. The zero-order chi connectivity index (χ0) is 38.8. The largest absolute Gasteiger partial charge is 0.497 e. The van der Waals surface area contributed by atoms with Gasteiger partial charge in [-0.1, -0.05) is 27.7 Å². The van der Waals surface area contributed by atoms with E-state index in [1.54, 1.807) is 19.1 Å². The monoisotopic (exact) mass is 752 g/mol. The van der Waals surface area contributed by atoms with E-state index in [1.807, 2.05) is 20.8 Å². The molecule has 0 aromatic heterocycles. The molecule has 2 saturated heterocycles. The van der Waals surface area contributed by atoms with Crippen LogP contribution in [-0.4, -0.2) is 131 Å². The maximum atomic E-state index is 13.6. The molecule has 0 unspecified atom stereocenters. The van der Waals surface area contributed by atoms with E-state index in [9.17, 15) is 39.9 Å². The minimum Gasteiger partial charge on any atom is -0.497 e. The van der Waals surface area contributed by atoms with Gasteiger partial charge in [0.25, 0.3) is 0 Å². The molecule has 2 aliphatic heterocycles. The Morgan fingerprint density at radius 1 is 0.887 bits per heavy atom. The van der Waals surface area contributed by atoms with Crippen LogP contribution in [0.2, 0.25) is 0 Å². The zero-order valence-electron chi connectivity index (χ0n) is 31.3. The van der Waals surface area contributed by atoms with E-state index in [2.05, 4.69) is 0 Å². The molecule has 15 nitrogen and oxygen atoms in total. The van der Waals surface area contributed by atoms with Crippen LogP contribution in [0, 0.1) is 23.2 Å². The molecule has 1 aromatic carbocycles. The van der Waals surface area contributed by atoms with Crippen molar-refractivity contribution in [2.45, 2.75) is 140 Å². The third kappa shape index (κ3) is 8.58. The quantitative estimate of drug-likeness (QED) is 0.181. The Hall–Kier alpha value is -2.73. The van der Waals surface area contributed by atoms with Gasteiger partial charge in [-0.3, -0.25) is 9.59 Å². The fourth-order valence-corrected chi connectivity index (χ4v) is 8.49. The maximum absolute atomic E-state index is 13.6. The number of ketones is 1. The molecule has 4 aliphatic rings. The van der Waals surface area contributed by atoms with Gasteiger partial charge >= 0.3 is 11.9 Å². The molecule has 5 rings (SSSR count). The molecule has 0 radical (unpaired) electrons. The van der Waals surface area contributed by atoms with Gasteiger partial charge in [-0.05, 0) is 68.2 Å². The number of methoxy groups -OCH3 is 1. The second kappa shape index (κ2) is 17.0. The van der Waals surface area contributed by atoms with Crippen molar-refractivity contribution in [3.05, 3.63) is 29.8 Å².